The molecule has 0 bridgehead atoms. The molecule has 0 spiro atoms. The van der Waals surface area contributed by atoms with E-state index in [2.05, 4.69) is 10.3 Å². The van der Waals surface area contributed by atoms with Crippen molar-refractivity contribution in [2.24, 2.45) is 10.3 Å². The maximum Gasteiger partial charge on any atom is 0.194 e. The number of hydrogen-bond acceptors (Lipinski definition) is 6. The molecule has 7 heteroatoms. The summed E-state index contributed by atoms with van der Waals surface area (Å²) in [5, 5.41) is 9.58. The molecule has 2 unspecified atom stereocenters. The first-order chi connectivity index (χ1) is 12.5. The van der Waals surface area contributed by atoms with Gasteiger partial charge in [-0.1, -0.05) is 5.22 Å². The van der Waals surface area contributed by atoms with Crippen LogP contribution in [0.25, 0.3) is 0 Å². The van der Waals surface area contributed by atoms with Crippen LogP contribution in [0.15, 0.2) is 52.8 Å². The van der Waals surface area contributed by atoms with Crippen LogP contribution < -0.4 is 9.47 Å². The zero-order valence-corrected chi connectivity index (χ0v) is 15.2. The first-order valence-corrected chi connectivity index (χ1v) is 8.14. The summed E-state index contributed by atoms with van der Waals surface area (Å²) < 4.78 is 16.3. The van der Waals surface area contributed by atoms with Crippen molar-refractivity contribution in [2.75, 3.05) is 28.3 Å². The molecule has 2 aromatic carbocycles. The van der Waals surface area contributed by atoms with Crippen LogP contribution in [0, 0.1) is 0 Å². The molecule has 1 saturated heterocycles. The number of nitrogens with zero attached hydrogens (tertiary/aromatic N) is 3. The van der Waals surface area contributed by atoms with Crippen molar-refractivity contribution in [3.63, 3.8) is 0 Å². The van der Waals surface area contributed by atoms with Crippen LogP contribution in [0.5, 0.6) is 11.5 Å². The summed E-state index contributed by atoms with van der Waals surface area (Å²) in [5.41, 5.74) is 2.06. The highest BCUT2D eigenvalue weighted by Gasteiger charge is 2.47. The van der Waals surface area contributed by atoms with Gasteiger partial charge in [-0.15, -0.1) is 5.11 Å². The minimum atomic E-state index is -0.523. The molecule has 3 rings (SSSR count). The fraction of sp³-hybridized carbons (Fsp3) is 0.316. The first-order valence-electron chi connectivity index (χ1n) is 8.14. The Morgan fingerprint density at radius 2 is 1.81 bits per heavy atom. The molecule has 2 aromatic rings. The molecule has 1 fully saturated rings. The second kappa shape index (κ2) is 7.53. The van der Waals surface area contributed by atoms with E-state index in [4.69, 9.17) is 14.2 Å². The summed E-state index contributed by atoms with van der Waals surface area (Å²) in [5.74, 6) is 1.29. The maximum atomic E-state index is 12.7. The van der Waals surface area contributed by atoms with Gasteiger partial charge in [0.25, 0.3) is 0 Å². The lowest BCUT2D eigenvalue weighted by molar-refractivity contribution is 0.0953. The number of methoxy groups -OCH3 is 2. The van der Waals surface area contributed by atoms with Crippen molar-refractivity contribution in [3.05, 3.63) is 53.6 Å². The summed E-state index contributed by atoms with van der Waals surface area (Å²) in [6.07, 6.45) is -0.856. The van der Waals surface area contributed by atoms with E-state index in [1.807, 2.05) is 18.2 Å². The molecule has 1 aliphatic heterocycles. The van der Waals surface area contributed by atoms with Crippen LogP contribution in [0.4, 0.5) is 5.69 Å². The Balaban J connectivity index is 1.73. The summed E-state index contributed by atoms with van der Waals surface area (Å²) >= 11 is 0. The summed E-state index contributed by atoms with van der Waals surface area (Å²) in [7, 11) is 6.76. The Kier molecular flexibility index (Phi) is 5.18. The SMILES string of the molecule is COc1ccc(OC)c(C2OC2C(=O)c2ccc(N=NN(C)C)cc2)c1. The average molecular weight is 355 g/mol. The molecule has 0 saturated carbocycles. The van der Waals surface area contributed by atoms with Crippen molar-refractivity contribution >= 4 is 11.5 Å². The lowest BCUT2D eigenvalue weighted by Crippen LogP contribution is -2.08. The first kappa shape index (κ1) is 17.9. The third-order valence-electron chi connectivity index (χ3n) is 3.98. The number of ether oxygens (including phenoxy) is 3. The van der Waals surface area contributed by atoms with Crippen LogP contribution in [0.3, 0.4) is 0 Å². The van der Waals surface area contributed by atoms with Crippen molar-refractivity contribution in [1.29, 1.82) is 0 Å². The van der Waals surface area contributed by atoms with E-state index in [9.17, 15) is 4.79 Å². The second-order valence-electron chi connectivity index (χ2n) is 6.03. The van der Waals surface area contributed by atoms with Crippen LogP contribution in [0.2, 0.25) is 0 Å². The number of benzene rings is 2. The minimum absolute atomic E-state index is 0.0732. The smallest absolute Gasteiger partial charge is 0.194 e. The molecule has 0 amide bonds. The van der Waals surface area contributed by atoms with E-state index in [0.29, 0.717) is 22.7 Å². The van der Waals surface area contributed by atoms with Gasteiger partial charge in [0.1, 0.15) is 17.6 Å². The molecule has 0 N–H and O–H groups in total. The van der Waals surface area contributed by atoms with Crippen LogP contribution in [0.1, 0.15) is 22.0 Å². The van der Waals surface area contributed by atoms with Gasteiger partial charge in [-0.25, -0.2) is 0 Å². The standard InChI is InChI=1S/C19H21N3O4/c1-22(2)21-20-13-7-5-12(6-8-13)17(23)19-18(26-19)15-11-14(24-3)9-10-16(15)25-4/h5-11,18-19H,1-4H3. The van der Waals surface area contributed by atoms with Crippen molar-refractivity contribution in [2.45, 2.75) is 12.2 Å². The highest BCUT2D eigenvalue weighted by atomic mass is 16.6. The van der Waals surface area contributed by atoms with E-state index in [0.717, 1.165) is 5.56 Å². The van der Waals surface area contributed by atoms with Gasteiger partial charge < -0.3 is 14.2 Å². The molecule has 2 atom stereocenters. The number of carbonyl (C=O) groups excluding carboxylic acids is 1. The predicted molar refractivity (Wildman–Crippen MR) is 96.1 cm³/mol. The molecular weight excluding hydrogens is 334 g/mol. The number of epoxide rings is 1. The largest absolute Gasteiger partial charge is 0.497 e. The monoisotopic (exact) mass is 355 g/mol. The van der Waals surface area contributed by atoms with E-state index < -0.39 is 6.10 Å². The van der Waals surface area contributed by atoms with E-state index in [1.54, 1.807) is 57.6 Å². The molecule has 0 aliphatic carbocycles. The maximum absolute atomic E-state index is 12.7. The van der Waals surface area contributed by atoms with Crippen LogP contribution in [-0.4, -0.2) is 45.2 Å². The van der Waals surface area contributed by atoms with E-state index in [1.165, 1.54) is 0 Å². The van der Waals surface area contributed by atoms with Gasteiger partial charge in [0.2, 0.25) is 0 Å². The van der Waals surface area contributed by atoms with Gasteiger partial charge in [-0.05, 0) is 42.5 Å². The highest BCUT2D eigenvalue weighted by Crippen LogP contribution is 2.45. The number of carbonyl (C=O) groups is 1. The number of ketones is 1. The molecule has 26 heavy (non-hydrogen) atoms. The topological polar surface area (TPSA) is 76.0 Å². The molecule has 0 radical (unpaired) electrons. The minimum Gasteiger partial charge on any atom is -0.497 e. The average Bonchev–Trinajstić information content (AvgIpc) is 3.46. The third kappa shape index (κ3) is 3.83. The number of Topliss-reactive ketones (excluding diaryl/α,β-unsaturated/α-hetero) is 1. The van der Waals surface area contributed by atoms with Gasteiger partial charge >= 0.3 is 0 Å². The Morgan fingerprint density at radius 1 is 1.08 bits per heavy atom. The quantitative estimate of drug-likeness (QED) is 0.328. The number of hydrogen-bond donors (Lipinski definition) is 0. The molecule has 7 nitrogen and oxygen atoms in total. The third-order valence-corrected chi connectivity index (χ3v) is 3.98. The predicted octanol–water partition coefficient (Wildman–Crippen LogP) is 3.59. The Hall–Kier alpha value is -2.93. The van der Waals surface area contributed by atoms with Crippen LogP contribution in [-0.2, 0) is 4.74 Å². The Morgan fingerprint density at radius 3 is 2.42 bits per heavy atom. The summed E-state index contributed by atoms with van der Waals surface area (Å²) in [6, 6.07) is 12.4. The summed E-state index contributed by atoms with van der Waals surface area (Å²) in [6.45, 7) is 0. The zero-order valence-electron chi connectivity index (χ0n) is 15.2. The Labute approximate surface area is 152 Å². The lowest BCUT2D eigenvalue weighted by atomic mass is 10.0. The van der Waals surface area contributed by atoms with Gasteiger partial charge in [0.05, 0.1) is 19.9 Å². The fourth-order valence-corrected chi connectivity index (χ4v) is 2.61. The fourth-order valence-electron chi connectivity index (χ4n) is 2.61. The van der Waals surface area contributed by atoms with Crippen molar-refractivity contribution in [3.8, 4) is 11.5 Å². The van der Waals surface area contributed by atoms with Gasteiger partial charge in [-0.2, -0.15) is 0 Å². The highest BCUT2D eigenvalue weighted by molar-refractivity contribution is 6.01. The van der Waals surface area contributed by atoms with Gasteiger partial charge in [0.15, 0.2) is 11.9 Å². The van der Waals surface area contributed by atoms with Crippen molar-refractivity contribution < 1.29 is 19.0 Å². The van der Waals surface area contributed by atoms with Gasteiger partial charge in [0, 0.05) is 25.2 Å². The zero-order chi connectivity index (χ0) is 18.7. The molecular formula is C19H21N3O4. The van der Waals surface area contributed by atoms with E-state index >= 15 is 0 Å². The van der Waals surface area contributed by atoms with Crippen LogP contribution >= 0.6 is 0 Å². The molecule has 1 heterocycles. The normalized spacial score (nSPS) is 18.6. The molecule has 1 aliphatic rings. The van der Waals surface area contributed by atoms with Crippen molar-refractivity contribution in [1.82, 2.24) is 5.01 Å². The second-order valence-corrected chi connectivity index (χ2v) is 6.03. The van der Waals surface area contributed by atoms with Gasteiger partial charge in [-0.3, -0.25) is 9.80 Å². The molecule has 0 aromatic heterocycles. The lowest BCUT2D eigenvalue weighted by Gasteiger charge is -2.08. The number of rotatable bonds is 7. The Bertz CT molecular complexity index is 818. The molecule has 136 valence electrons. The van der Waals surface area contributed by atoms with E-state index in [-0.39, 0.29) is 11.9 Å². The summed E-state index contributed by atoms with van der Waals surface area (Å²) in [4.78, 5) is 12.7.